The molecule has 19 heavy (non-hydrogen) atoms. The van der Waals surface area contributed by atoms with E-state index in [1.807, 2.05) is 0 Å². The lowest BCUT2D eigenvalue weighted by Gasteiger charge is -2.30. The molecule has 1 aromatic carbocycles. The smallest absolute Gasteiger partial charge is 0.329 e. The first-order valence-corrected chi connectivity index (χ1v) is 6.65. The fourth-order valence-corrected chi connectivity index (χ4v) is 3.01. The monoisotopic (exact) mass is 259 g/mol. The number of nitrogens with one attached hydrogen (secondary N) is 1. The molecule has 3 N–H and O–H groups in total. The van der Waals surface area contributed by atoms with Crippen molar-refractivity contribution >= 4 is 23.3 Å². The summed E-state index contributed by atoms with van der Waals surface area (Å²) >= 11 is 0. The Labute approximate surface area is 111 Å². The maximum atomic E-state index is 12.6. The molecule has 0 atom stereocenters. The molecular weight excluding hydrogens is 242 g/mol. The van der Waals surface area contributed by atoms with Gasteiger partial charge in [0.25, 0.3) is 5.91 Å². The highest BCUT2D eigenvalue weighted by atomic mass is 16.2. The van der Waals surface area contributed by atoms with Crippen molar-refractivity contribution in [2.45, 2.75) is 37.6 Å². The molecule has 1 aliphatic heterocycles. The van der Waals surface area contributed by atoms with E-state index in [2.05, 4.69) is 5.32 Å². The highest BCUT2D eigenvalue weighted by Gasteiger charge is 2.51. The van der Waals surface area contributed by atoms with E-state index in [0.29, 0.717) is 11.4 Å². The van der Waals surface area contributed by atoms with E-state index in [9.17, 15) is 9.59 Å². The van der Waals surface area contributed by atoms with Crippen LogP contribution in [0.5, 0.6) is 0 Å². The van der Waals surface area contributed by atoms with Crippen molar-refractivity contribution in [3.63, 3.8) is 0 Å². The van der Waals surface area contributed by atoms with Gasteiger partial charge in [0.2, 0.25) is 0 Å². The number of imide groups is 1. The van der Waals surface area contributed by atoms with Crippen LogP contribution < -0.4 is 16.0 Å². The van der Waals surface area contributed by atoms with Crippen LogP contribution in [0.25, 0.3) is 0 Å². The van der Waals surface area contributed by atoms with E-state index in [1.54, 1.807) is 24.3 Å². The number of amides is 3. The van der Waals surface area contributed by atoms with Gasteiger partial charge in [-0.25, -0.2) is 9.69 Å². The largest absolute Gasteiger partial charge is 0.399 e. The SMILES string of the molecule is Nc1cccc(N2C(=O)NC3(CCCCC3)C2=O)c1. The summed E-state index contributed by atoms with van der Waals surface area (Å²) in [4.78, 5) is 26.0. The van der Waals surface area contributed by atoms with E-state index in [-0.39, 0.29) is 11.9 Å². The third-order valence-electron chi connectivity index (χ3n) is 4.00. The molecule has 1 saturated carbocycles. The van der Waals surface area contributed by atoms with Gasteiger partial charge in [-0.15, -0.1) is 0 Å². The third-order valence-corrected chi connectivity index (χ3v) is 4.00. The molecule has 3 amide bonds. The van der Waals surface area contributed by atoms with Gasteiger partial charge in [0.1, 0.15) is 5.54 Å². The number of urea groups is 1. The topological polar surface area (TPSA) is 75.4 Å². The van der Waals surface area contributed by atoms with Gasteiger partial charge < -0.3 is 11.1 Å². The number of benzene rings is 1. The van der Waals surface area contributed by atoms with Crippen LogP contribution in [0.4, 0.5) is 16.2 Å². The molecule has 0 bridgehead atoms. The van der Waals surface area contributed by atoms with Gasteiger partial charge in [-0.1, -0.05) is 25.3 Å². The van der Waals surface area contributed by atoms with E-state index < -0.39 is 5.54 Å². The van der Waals surface area contributed by atoms with Crippen molar-refractivity contribution < 1.29 is 9.59 Å². The van der Waals surface area contributed by atoms with E-state index in [0.717, 1.165) is 32.1 Å². The van der Waals surface area contributed by atoms with Crippen molar-refractivity contribution in [2.75, 3.05) is 10.6 Å². The van der Waals surface area contributed by atoms with Gasteiger partial charge >= 0.3 is 6.03 Å². The molecule has 2 fully saturated rings. The van der Waals surface area contributed by atoms with Crippen LogP contribution in [-0.4, -0.2) is 17.5 Å². The first-order valence-electron chi connectivity index (χ1n) is 6.65. The number of hydrogen-bond donors (Lipinski definition) is 2. The number of anilines is 2. The molecule has 1 spiro atoms. The summed E-state index contributed by atoms with van der Waals surface area (Å²) in [5.41, 5.74) is 6.13. The predicted octanol–water partition coefficient (Wildman–Crippen LogP) is 2.03. The molecule has 3 rings (SSSR count). The minimum absolute atomic E-state index is 0.136. The van der Waals surface area contributed by atoms with Gasteiger partial charge in [0, 0.05) is 5.69 Å². The van der Waals surface area contributed by atoms with E-state index >= 15 is 0 Å². The Morgan fingerprint density at radius 1 is 1.16 bits per heavy atom. The van der Waals surface area contributed by atoms with Gasteiger partial charge in [0.05, 0.1) is 5.69 Å². The van der Waals surface area contributed by atoms with Crippen molar-refractivity contribution in [2.24, 2.45) is 0 Å². The quantitative estimate of drug-likeness (QED) is 0.598. The van der Waals surface area contributed by atoms with E-state index in [4.69, 9.17) is 5.73 Å². The van der Waals surface area contributed by atoms with E-state index in [1.165, 1.54) is 4.90 Å². The number of carbonyl (C=O) groups is 2. The Morgan fingerprint density at radius 2 is 1.89 bits per heavy atom. The predicted molar refractivity (Wildman–Crippen MR) is 72.7 cm³/mol. The normalized spacial score (nSPS) is 21.8. The van der Waals surface area contributed by atoms with Crippen LogP contribution in [-0.2, 0) is 4.79 Å². The molecule has 0 aromatic heterocycles. The molecule has 1 heterocycles. The minimum Gasteiger partial charge on any atom is -0.399 e. The fraction of sp³-hybridized carbons (Fsp3) is 0.429. The van der Waals surface area contributed by atoms with Crippen molar-refractivity contribution in [3.05, 3.63) is 24.3 Å². The van der Waals surface area contributed by atoms with Gasteiger partial charge in [-0.05, 0) is 31.0 Å². The van der Waals surface area contributed by atoms with Crippen molar-refractivity contribution in [1.29, 1.82) is 0 Å². The molecule has 1 saturated heterocycles. The van der Waals surface area contributed by atoms with Gasteiger partial charge in [-0.3, -0.25) is 4.79 Å². The van der Waals surface area contributed by atoms with Crippen LogP contribution in [0.2, 0.25) is 0 Å². The summed E-state index contributed by atoms with van der Waals surface area (Å²) < 4.78 is 0. The molecule has 100 valence electrons. The molecule has 2 aliphatic rings. The number of nitrogens with two attached hydrogens (primary N) is 1. The lowest BCUT2D eigenvalue weighted by atomic mass is 9.82. The second kappa shape index (κ2) is 4.26. The molecule has 0 unspecified atom stereocenters. The average molecular weight is 259 g/mol. The van der Waals surface area contributed by atoms with Crippen molar-refractivity contribution in [3.8, 4) is 0 Å². The second-order valence-electron chi connectivity index (χ2n) is 5.31. The second-order valence-corrected chi connectivity index (χ2v) is 5.31. The van der Waals surface area contributed by atoms with Crippen LogP contribution in [0.1, 0.15) is 32.1 Å². The average Bonchev–Trinajstić information content (AvgIpc) is 2.62. The summed E-state index contributed by atoms with van der Waals surface area (Å²) in [7, 11) is 0. The summed E-state index contributed by atoms with van der Waals surface area (Å²) in [5, 5.41) is 2.88. The molecule has 1 aliphatic carbocycles. The Bertz CT molecular complexity index is 535. The van der Waals surface area contributed by atoms with Crippen LogP contribution >= 0.6 is 0 Å². The number of carbonyl (C=O) groups excluding carboxylic acids is 2. The summed E-state index contributed by atoms with van der Waals surface area (Å²) in [5.74, 6) is -0.136. The maximum Gasteiger partial charge on any atom is 0.329 e. The Hall–Kier alpha value is -2.04. The van der Waals surface area contributed by atoms with Gasteiger partial charge in [0.15, 0.2) is 0 Å². The molecule has 5 heteroatoms. The van der Waals surface area contributed by atoms with Crippen LogP contribution in [0.15, 0.2) is 24.3 Å². The summed E-state index contributed by atoms with van der Waals surface area (Å²) in [6.07, 6.45) is 4.56. The Kier molecular flexibility index (Phi) is 2.69. The van der Waals surface area contributed by atoms with Crippen molar-refractivity contribution in [1.82, 2.24) is 5.32 Å². The number of nitrogens with zero attached hydrogens (tertiary/aromatic N) is 1. The van der Waals surface area contributed by atoms with Crippen LogP contribution in [0, 0.1) is 0 Å². The Balaban J connectivity index is 1.95. The lowest BCUT2D eigenvalue weighted by Crippen LogP contribution is -2.48. The zero-order valence-corrected chi connectivity index (χ0v) is 10.7. The minimum atomic E-state index is -0.681. The van der Waals surface area contributed by atoms with Crippen LogP contribution in [0.3, 0.4) is 0 Å². The maximum absolute atomic E-state index is 12.6. The third kappa shape index (κ3) is 1.85. The summed E-state index contributed by atoms with van der Waals surface area (Å²) in [6, 6.07) is 6.53. The highest BCUT2D eigenvalue weighted by molar-refractivity contribution is 6.23. The molecule has 1 aromatic rings. The van der Waals surface area contributed by atoms with Gasteiger partial charge in [-0.2, -0.15) is 0 Å². The Morgan fingerprint density at radius 3 is 2.58 bits per heavy atom. The number of rotatable bonds is 1. The molecule has 0 radical (unpaired) electrons. The number of nitrogen functional groups attached to an aromatic ring is 1. The zero-order chi connectivity index (χ0) is 13.5. The molecular formula is C14H17N3O2. The highest BCUT2D eigenvalue weighted by Crippen LogP contribution is 2.35. The lowest BCUT2D eigenvalue weighted by molar-refractivity contribution is -0.123. The standard InChI is InChI=1S/C14H17N3O2/c15-10-5-4-6-11(9-10)17-12(18)14(16-13(17)19)7-2-1-3-8-14/h4-6,9H,1-3,7-8,15H2,(H,16,19). The first-order chi connectivity index (χ1) is 9.12. The molecule has 5 nitrogen and oxygen atoms in total. The zero-order valence-electron chi connectivity index (χ0n) is 10.7. The number of hydrogen-bond acceptors (Lipinski definition) is 3. The summed E-state index contributed by atoms with van der Waals surface area (Å²) in [6.45, 7) is 0. The first kappa shape index (κ1) is 12.0. The fourth-order valence-electron chi connectivity index (χ4n) is 3.01.